The van der Waals surface area contributed by atoms with Crippen molar-refractivity contribution in [3.63, 3.8) is 0 Å². The Labute approximate surface area is 121 Å². The Morgan fingerprint density at radius 1 is 1.40 bits per heavy atom. The molecule has 8 heteroatoms. The summed E-state index contributed by atoms with van der Waals surface area (Å²) in [5, 5.41) is 0.236. The van der Waals surface area contributed by atoms with Crippen LogP contribution in [0.5, 0.6) is 0 Å². The lowest BCUT2D eigenvalue weighted by atomic mass is 10.3. The largest absolute Gasteiger partial charge is 0.352 e. The van der Waals surface area contributed by atoms with Crippen LogP contribution in [-0.2, 0) is 23.6 Å². The quantitative estimate of drug-likeness (QED) is 0.906. The highest BCUT2D eigenvalue weighted by molar-refractivity contribution is 7.92. The summed E-state index contributed by atoms with van der Waals surface area (Å²) in [6, 6.07) is 5.08. The molecular weight excluding hydrogens is 305 g/mol. The summed E-state index contributed by atoms with van der Waals surface area (Å²) in [7, 11) is -2.21. The Balaban J connectivity index is 2.37. The van der Waals surface area contributed by atoms with Crippen molar-refractivity contribution in [2.24, 2.45) is 12.8 Å². The van der Waals surface area contributed by atoms with Crippen molar-refractivity contribution in [1.29, 1.82) is 0 Å². The maximum Gasteiger partial charge on any atom is 0.263 e. The third-order valence-corrected chi connectivity index (χ3v) is 4.34. The van der Waals surface area contributed by atoms with Gasteiger partial charge in [0, 0.05) is 30.5 Å². The second kappa shape index (κ2) is 5.43. The van der Waals surface area contributed by atoms with Crippen LogP contribution >= 0.6 is 11.6 Å². The molecule has 2 rings (SSSR count). The van der Waals surface area contributed by atoms with Gasteiger partial charge >= 0.3 is 0 Å². The minimum Gasteiger partial charge on any atom is -0.352 e. The molecule has 0 fully saturated rings. The number of sulfonamides is 1. The van der Waals surface area contributed by atoms with Crippen LogP contribution in [0.4, 0.5) is 10.1 Å². The summed E-state index contributed by atoms with van der Waals surface area (Å²) >= 11 is 5.72. The van der Waals surface area contributed by atoms with E-state index in [2.05, 4.69) is 4.72 Å². The molecule has 0 amide bonds. The first kappa shape index (κ1) is 14.8. The Morgan fingerprint density at radius 2 is 2.10 bits per heavy atom. The highest BCUT2D eigenvalue weighted by Crippen LogP contribution is 2.23. The summed E-state index contributed by atoms with van der Waals surface area (Å²) in [5.41, 5.74) is 5.94. The summed E-state index contributed by atoms with van der Waals surface area (Å²) in [4.78, 5) is 0.0137. The van der Waals surface area contributed by atoms with Gasteiger partial charge in [-0.05, 0) is 24.3 Å². The Morgan fingerprint density at radius 3 is 2.70 bits per heavy atom. The molecule has 1 heterocycles. The molecule has 20 heavy (non-hydrogen) atoms. The number of nitrogens with two attached hydrogens (primary N) is 1. The van der Waals surface area contributed by atoms with E-state index in [-0.39, 0.29) is 22.2 Å². The van der Waals surface area contributed by atoms with Crippen LogP contribution in [0.2, 0.25) is 5.02 Å². The van der Waals surface area contributed by atoms with Crippen LogP contribution in [0.1, 0.15) is 5.69 Å². The molecule has 108 valence electrons. The number of hydrogen-bond donors (Lipinski definition) is 2. The summed E-state index contributed by atoms with van der Waals surface area (Å²) in [6.45, 7) is 0.206. The number of anilines is 1. The van der Waals surface area contributed by atoms with Crippen molar-refractivity contribution in [3.8, 4) is 0 Å². The van der Waals surface area contributed by atoms with E-state index in [1.165, 1.54) is 24.4 Å². The third kappa shape index (κ3) is 2.95. The van der Waals surface area contributed by atoms with E-state index in [1.807, 2.05) is 0 Å². The summed E-state index contributed by atoms with van der Waals surface area (Å²) < 4.78 is 41.7. The van der Waals surface area contributed by atoms with Crippen LogP contribution < -0.4 is 10.5 Å². The number of halogens is 2. The number of aromatic nitrogens is 1. The number of aryl methyl sites for hydroxylation is 1. The molecule has 2 aromatic rings. The van der Waals surface area contributed by atoms with E-state index >= 15 is 0 Å². The van der Waals surface area contributed by atoms with E-state index in [9.17, 15) is 12.8 Å². The molecule has 0 saturated carbocycles. The average Bonchev–Trinajstić information content (AvgIpc) is 2.76. The minimum atomic E-state index is -3.89. The van der Waals surface area contributed by atoms with E-state index in [0.29, 0.717) is 5.69 Å². The first-order valence-corrected chi connectivity index (χ1v) is 7.53. The predicted octanol–water partition coefficient (Wildman–Crippen LogP) is 2.08. The van der Waals surface area contributed by atoms with E-state index in [1.54, 1.807) is 11.6 Å². The number of nitrogens with one attached hydrogen (secondary N) is 1. The van der Waals surface area contributed by atoms with E-state index in [4.69, 9.17) is 17.3 Å². The molecule has 0 aliphatic carbocycles. The highest BCUT2D eigenvalue weighted by Gasteiger charge is 2.19. The lowest BCUT2D eigenvalue weighted by Crippen LogP contribution is -2.13. The fourth-order valence-electron chi connectivity index (χ4n) is 1.71. The molecular formula is C12H13ClFN3O2S. The van der Waals surface area contributed by atoms with Gasteiger partial charge in [0.25, 0.3) is 10.0 Å². The monoisotopic (exact) mass is 317 g/mol. The van der Waals surface area contributed by atoms with Crippen molar-refractivity contribution in [1.82, 2.24) is 4.57 Å². The number of rotatable bonds is 4. The zero-order chi connectivity index (χ0) is 14.9. The van der Waals surface area contributed by atoms with Gasteiger partial charge in [-0.2, -0.15) is 0 Å². The van der Waals surface area contributed by atoms with E-state index in [0.717, 1.165) is 6.07 Å². The van der Waals surface area contributed by atoms with Gasteiger partial charge in [0.05, 0.1) is 5.69 Å². The second-order valence-corrected chi connectivity index (χ2v) is 6.33. The first-order chi connectivity index (χ1) is 9.33. The fourth-order valence-corrected chi connectivity index (χ4v) is 3.03. The molecule has 0 spiro atoms. The third-order valence-electron chi connectivity index (χ3n) is 2.77. The summed E-state index contributed by atoms with van der Waals surface area (Å²) in [6.07, 6.45) is 1.41. The second-order valence-electron chi connectivity index (χ2n) is 4.21. The summed E-state index contributed by atoms with van der Waals surface area (Å²) in [5.74, 6) is -0.701. The zero-order valence-electron chi connectivity index (χ0n) is 10.6. The molecule has 1 aromatic carbocycles. The van der Waals surface area contributed by atoms with Crippen molar-refractivity contribution in [2.45, 2.75) is 11.4 Å². The lowest BCUT2D eigenvalue weighted by Gasteiger charge is -2.07. The number of nitrogens with zero attached hydrogens (tertiary/aromatic N) is 1. The Hall–Kier alpha value is -1.57. The molecule has 0 aliphatic rings. The normalized spacial score (nSPS) is 11.6. The SMILES string of the molecule is Cn1cc(S(=O)(=O)Nc2cc(Cl)ccc2F)cc1CN. The maximum absolute atomic E-state index is 13.6. The Bertz CT molecular complexity index is 743. The molecule has 0 unspecified atom stereocenters. The molecule has 0 saturated heterocycles. The standard InChI is InChI=1S/C12H13ClFN3O2S/c1-17-7-10(5-9(17)6-15)20(18,19)16-12-4-8(13)2-3-11(12)14/h2-5,7,16H,6,15H2,1H3. The van der Waals surface area contributed by atoms with Gasteiger partial charge in [-0.3, -0.25) is 4.72 Å². The van der Waals surface area contributed by atoms with Crippen LogP contribution in [-0.4, -0.2) is 13.0 Å². The van der Waals surface area contributed by atoms with Gasteiger partial charge in [-0.1, -0.05) is 11.6 Å². The molecule has 0 radical (unpaired) electrons. The highest BCUT2D eigenvalue weighted by atomic mass is 35.5. The van der Waals surface area contributed by atoms with Gasteiger partial charge in [-0.15, -0.1) is 0 Å². The fraction of sp³-hybridized carbons (Fsp3) is 0.167. The topological polar surface area (TPSA) is 77.1 Å². The predicted molar refractivity (Wildman–Crippen MR) is 75.5 cm³/mol. The molecule has 0 bridgehead atoms. The van der Waals surface area contributed by atoms with Crippen molar-refractivity contribution < 1.29 is 12.8 Å². The molecule has 1 aromatic heterocycles. The van der Waals surface area contributed by atoms with Gasteiger partial charge in [-0.25, -0.2) is 12.8 Å². The van der Waals surface area contributed by atoms with Crippen molar-refractivity contribution in [2.75, 3.05) is 4.72 Å². The van der Waals surface area contributed by atoms with Crippen LogP contribution in [0.3, 0.4) is 0 Å². The lowest BCUT2D eigenvalue weighted by molar-refractivity contribution is 0.598. The van der Waals surface area contributed by atoms with Crippen LogP contribution in [0.15, 0.2) is 35.4 Å². The van der Waals surface area contributed by atoms with Gasteiger partial charge in [0.1, 0.15) is 10.7 Å². The van der Waals surface area contributed by atoms with Gasteiger partial charge in [0.2, 0.25) is 0 Å². The zero-order valence-corrected chi connectivity index (χ0v) is 12.2. The van der Waals surface area contributed by atoms with Crippen LogP contribution in [0.25, 0.3) is 0 Å². The smallest absolute Gasteiger partial charge is 0.263 e. The first-order valence-electron chi connectivity index (χ1n) is 5.66. The molecule has 3 N–H and O–H groups in total. The van der Waals surface area contributed by atoms with Gasteiger partial charge < -0.3 is 10.3 Å². The Kier molecular flexibility index (Phi) is 4.03. The van der Waals surface area contributed by atoms with Gasteiger partial charge in [0.15, 0.2) is 0 Å². The average molecular weight is 318 g/mol. The minimum absolute atomic E-state index is 0.0137. The molecule has 5 nitrogen and oxygen atoms in total. The van der Waals surface area contributed by atoms with Crippen molar-refractivity contribution in [3.05, 3.63) is 47.0 Å². The maximum atomic E-state index is 13.6. The molecule has 0 atom stereocenters. The number of hydrogen-bond acceptors (Lipinski definition) is 3. The number of benzene rings is 1. The van der Waals surface area contributed by atoms with E-state index < -0.39 is 15.8 Å². The van der Waals surface area contributed by atoms with Crippen LogP contribution in [0, 0.1) is 5.82 Å². The van der Waals surface area contributed by atoms with Crippen molar-refractivity contribution >= 4 is 27.3 Å². The molecule has 0 aliphatic heterocycles.